The fourth-order valence-electron chi connectivity index (χ4n) is 2.14. The summed E-state index contributed by atoms with van der Waals surface area (Å²) in [5.74, 6) is -1.43. The summed E-state index contributed by atoms with van der Waals surface area (Å²) < 4.78 is 0.944. The van der Waals surface area contributed by atoms with Gasteiger partial charge in [0, 0.05) is 18.0 Å². The molecule has 7 heteroatoms. The van der Waals surface area contributed by atoms with Crippen LogP contribution < -0.4 is 11.3 Å². The maximum Gasteiger partial charge on any atom is 0.323 e. The highest BCUT2D eigenvalue weighted by Gasteiger charge is 2.16. The number of carboxylic acid groups (broad SMARTS) is 1. The number of aliphatic carboxylic acids is 1. The molecule has 1 atom stereocenters. The van der Waals surface area contributed by atoms with Crippen LogP contribution in [0, 0.1) is 0 Å². The van der Waals surface area contributed by atoms with Crippen LogP contribution in [0.15, 0.2) is 29.1 Å². The van der Waals surface area contributed by atoms with Crippen LogP contribution in [0.1, 0.15) is 11.7 Å². The molecule has 1 heterocycles. The van der Waals surface area contributed by atoms with Gasteiger partial charge in [0.05, 0.1) is 11.6 Å². The van der Waals surface area contributed by atoms with Crippen molar-refractivity contribution in [2.24, 2.45) is 5.73 Å². The summed E-state index contributed by atoms with van der Waals surface area (Å²) in [5, 5.41) is 29.0. The highest BCUT2D eigenvalue weighted by Crippen LogP contribution is 2.29. The molecule has 1 aromatic heterocycles. The van der Waals surface area contributed by atoms with Crippen molar-refractivity contribution < 1.29 is 20.1 Å². The zero-order chi connectivity index (χ0) is 14.9. The average Bonchev–Trinajstić information content (AvgIpc) is 2.41. The third-order valence-corrected chi connectivity index (χ3v) is 3.03. The minimum Gasteiger partial charge on any atom is -0.506 e. The van der Waals surface area contributed by atoms with Gasteiger partial charge in [0.1, 0.15) is 12.3 Å². The number of rotatable bonds is 4. The first kappa shape index (κ1) is 14.0. The van der Waals surface area contributed by atoms with E-state index < -0.39 is 24.2 Å². The number of phenolic OH excluding ortho intramolecular Hbond substituents is 1. The molecule has 20 heavy (non-hydrogen) atoms. The molecular formula is C13H14N2O5. The molecule has 0 fully saturated rings. The summed E-state index contributed by atoms with van der Waals surface area (Å²) in [5.41, 5.74) is 5.36. The van der Waals surface area contributed by atoms with Crippen LogP contribution >= 0.6 is 0 Å². The maximum absolute atomic E-state index is 11.8. The van der Waals surface area contributed by atoms with Crippen LogP contribution in [-0.2, 0) is 11.3 Å². The van der Waals surface area contributed by atoms with Crippen molar-refractivity contribution in [1.82, 2.24) is 4.57 Å². The lowest BCUT2D eigenvalue weighted by molar-refractivity contribution is -0.137. The molecule has 0 amide bonds. The van der Waals surface area contributed by atoms with E-state index in [1.165, 1.54) is 24.3 Å². The molecule has 2 aromatic rings. The van der Waals surface area contributed by atoms with Gasteiger partial charge in [-0.3, -0.25) is 14.2 Å². The Bertz CT molecular complexity index is 723. The number of pyridine rings is 1. The van der Waals surface area contributed by atoms with E-state index in [-0.39, 0.29) is 17.8 Å². The molecule has 1 aromatic carbocycles. The van der Waals surface area contributed by atoms with Crippen LogP contribution in [-0.4, -0.2) is 32.4 Å². The summed E-state index contributed by atoms with van der Waals surface area (Å²) in [6, 6.07) is 5.42. The van der Waals surface area contributed by atoms with Gasteiger partial charge in [-0.25, -0.2) is 0 Å². The Morgan fingerprint density at radius 1 is 1.30 bits per heavy atom. The Kier molecular flexibility index (Phi) is 3.73. The molecular weight excluding hydrogens is 264 g/mol. The predicted octanol–water partition coefficient (Wildman–Crippen LogP) is -0.216. The molecule has 0 saturated carbocycles. The second kappa shape index (κ2) is 5.32. The third-order valence-electron chi connectivity index (χ3n) is 3.03. The van der Waals surface area contributed by atoms with Gasteiger partial charge < -0.3 is 21.1 Å². The zero-order valence-corrected chi connectivity index (χ0v) is 10.5. The van der Waals surface area contributed by atoms with Gasteiger partial charge in [0.15, 0.2) is 0 Å². The lowest BCUT2D eigenvalue weighted by atomic mass is 10.0. The van der Waals surface area contributed by atoms with E-state index in [1.807, 2.05) is 0 Å². The number of aromatic nitrogens is 1. The Hall–Kier alpha value is -2.38. The van der Waals surface area contributed by atoms with Crippen LogP contribution in [0.5, 0.6) is 5.75 Å². The van der Waals surface area contributed by atoms with Gasteiger partial charge >= 0.3 is 5.97 Å². The molecule has 0 aliphatic rings. The van der Waals surface area contributed by atoms with Gasteiger partial charge in [-0.05, 0) is 17.7 Å². The maximum atomic E-state index is 11.8. The van der Waals surface area contributed by atoms with Gasteiger partial charge in [-0.2, -0.15) is 0 Å². The second-order valence-corrected chi connectivity index (χ2v) is 4.34. The largest absolute Gasteiger partial charge is 0.506 e. The lowest BCUT2D eigenvalue weighted by Crippen LogP contribution is -2.24. The van der Waals surface area contributed by atoms with E-state index in [2.05, 4.69) is 0 Å². The topological polar surface area (TPSA) is 126 Å². The van der Waals surface area contributed by atoms with Crippen LogP contribution in [0.2, 0.25) is 0 Å². The molecule has 5 N–H and O–H groups in total. The van der Waals surface area contributed by atoms with E-state index in [1.54, 1.807) is 0 Å². The van der Waals surface area contributed by atoms with Crippen molar-refractivity contribution in [1.29, 1.82) is 0 Å². The Morgan fingerprint density at radius 2 is 2.00 bits per heavy atom. The van der Waals surface area contributed by atoms with Crippen LogP contribution in [0.3, 0.4) is 0 Å². The lowest BCUT2D eigenvalue weighted by Gasteiger charge is -2.15. The van der Waals surface area contributed by atoms with E-state index >= 15 is 0 Å². The van der Waals surface area contributed by atoms with Crippen molar-refractivity contribution in [2.75, 3.05) is 6.54 Å². The Morgan fingerprint density at radius 3 is 2.60 bits per heavy atom. The first-order chi connectivity index (χ1) is 9.45. The molecule has 0 radical (unpaired) electrons. The van der Waals surface area contributed by atoms with Gasteiger partial charge in [0.2, 0.25) is 0 Å². The summed E-state index contributed by atoms with van der Waals surface area (Å²) in [7, 11) is 0. The smallest absolute Gasteiger partial charge is 0.323 e. The first-order valence-electron chi connectivity index (χ1n) is 5.91. The number of carbonyl (C=O) groups is 1. The molecule has 0 saturated heterocycles. The monoisotopic (exact) mass is 278 g/mol. The Labute approximate surface area is 113 Å². The molecule has 0 bridgehead atoms. The summed E-state index contributed by atoms with van der Waals surface area (Å²) in [6.45, 7) is -0.607. The number of phenols is 1. The van der Waals surface area contributed by atoms with Crippen molar-refractivity contribution in [2.45, 2.75) is 12.6 Å². The van der Waals surface area contributed by atoms with Gasteiger partial charge in [0.25, 0.3) is 5.56 Å². The SMILES string of the molecule is NC[C@H](O)c1ccc(O)c2c1ccc(=O)n2CC(=O)O. The number of aliphatic hydroxyl groups excluding tert-OH is 1. The number of nitrogens with zero attached hydrogens (tertiary/aromatic N) is 1. The third kappa shape index (κ3) is 2.36. The molecule has 106 valence electrons. The zero-order valence-electron chi connectivity index (χ0n) is 10.5. The number of carboxylic acids is 1. The van der Waals surface area contributed by atoms with E-state index in [0.29, 0.717) is 10.9 Å². The van der Waals surface area contributed by atoms with Crippen molar-refractivity contribution in [3.63, 3.8) is 0 Å². The molecule has 2 rings (SSSR count). The van der Waals surface area contributed by atoms with Crippen molar-refractivity contribution in [3.8, 4) is 5.75 Å². The number of hydrogen-bond acceptors (Lipinski definition) is 5. The molecule has 7 nitrogen and oxygen atoms in total. The highest BCUT2D eigenvalue weighted by atomic mass is 16.4. The summed E-state index contributed by atoms with van der Waals surface area (Å²) in [4.78, 5) is 22.6. The van der Waals surface area contributed by atoms with E-state index in [9.17, 15) is 19.8 Å². The van der Waals surface area contributed by atoms with Gasteiger partial charge in [-0.15, -0.1) is 0 Å². The normalized spacial score (nSPS) is 12.5. The number of nitrogens with two attached hydrogens (primary N) is 1. The number of fused-ring (bicyclic) bond motifs is 1. The highest BCUT2D eigenvalue weighted by molar-refractivity contribution is 5.89. The second-order valence-electron chi connectivity index (χ2n) is 4.34. The standard InChI is InChI=1S/C13H14N2O5/c14-5-10(17)7-1-3-9(16)13-8(7)2-4-11(18)15(13)6-12(19)20/h1-4,10,16-17H,5-6,14H2,(H,19,20)/t10-/m0/s1. The number of benzene rings is 1. The molecule has 0 spiro atoms. The van der Waals surface area contributed by atoms with E-state index in [4.69, 9.17) is 10.8 Å². The minimum absolute atomic E-state index is 0.0298. The quantitative estimate of drug-likeness (QED) is 0.612. The molecule has 0 aliphatic heterocycles. The average molecular weight is 278 g/mol. The van der Waals surface area contributed by atoms with Gasteiger partial charge in [-0.1, -0.05) is 6.07 Å². The minimum atomic E-state index is -1.20. The number of aliphatic hydroxyl groups is 1. The Balaban J connectivity index is 2.83. The number of hydrogen-bond donors (Lipinski definition) is 4. The van der Waals surface area contributed by atoms with Crippen LogP contribution in [0.25, 0.3) is 10.9 Å². The first-order valence-corrected chi connectivity index (χ1v) is 5.91. The summed E-state index contributed by atoms with van der Waals surface area (Å²) >= 11 is 0. The predicted molar refractivity (Wildman–Crippen MR) is 71.5 cm³/mol. The summed E-state index contributed by atoms with van der Waals surface area (Å²) in [6.07, 6.45) is -0.964. The fraction of sp³-hybridized carbons (Fsp3) is 0.231. The molecule has 0 unspecified atom stereocenters. The van der Waals surface area contributed by atoms with Crippen molar-refractivity contribution in [3.05, 3.63) is 40.2 Å². The molecule has 0 aliphatic carbocycles. The van der Waals surface area contributed by atoms with Crippen LogP contribution in [0.4, 0.5) is 0 Å². The van der Waals surface area contributed by atoms with Crippen molar-refractivity contribution >= 4 is 16.9 Å². The number of aromatic hydroxyl groups is 1. The van der Waals surface area contributed by atoms with E-state index in [0.717, 1.165) is 4.57 Å². The fourth-order valence-corrected chi connectivity index (χ4v) is 2.14.